The molecule has 5 nitrogen and oxygen atoms in total. The number of halogens is 2. The van der Waals surface area contributed by atoms with Crippen molar-refractivity contribution in [3.8, 4) is 0 Å². The first-order valence-electron chi connectivity index (χ1n) is 8.70. The largest absolute Gasteiger partial charge is 0.349 e. The Morgan fingerprint density at radius 3 is 2.41 bits per heavy atom. The van der Waals surface area contributed by atoms with Gasteiger partial charge in [0, 0.05) is 18.2 Å². The van der Waals surface area contributed by atoms with Crippen molar-refractivity contribution in [3.05, 3.63) is 64.4 Å². The number of hydrogen-bond donors (Lipinski definition) is 2. The molecule has 27 heavy (non-hydrogen) atoms. The maximum absolute atomic E-state index is 13.2. The first-order chi connectivity index (χ1) is 12.8. The van der Waals surface area contributed by atoms with Gasteiger partial charge in [0.05, 0.1) is 9.92 Å². The molecule has 0 radical (unpaired) electrons. The van der Waals surface area contributed by atoms with E-state index in [0.29, 0.717) is 11.1 Å². The molecular weight excluding hydrogens is 391 g/mol. The summed E-state index contributed by atoms with van der Waals surface area (Å²) in [4.78, 5) is 12.1. The molecule has 1 amide bonds. The Morgan fingerprint density at radius 2 is 1.78 bits per heavy atom. The van der Waals surface area contributed by atoms with E-state index in [9.17, 15) is 17.6 Å². The number of nitrogens with one attached hydrogen (secondary N) is 2. The van der Waals surface area contributed by atoms with E-state index in [1.807, 2.05) is 0 Å². The number of carbonyl (C=O) groups excluding carboxylic acids is 1. The molecule has 144 valence electrons. The van der Waals surface area contributed by atoms with Crippen LogP contribution in [-0.4, -0.2) is 20.4 Å². The first-order valence-corrected chi connectivity index (χ1v) is 10.6. The quantitative estimate of drug-likeness (QED) is 0.763. The smallest absolute Gasteiger partial charge is 0.251 e. The highest BCUT2D eigenvalue weighted by molar-refractivity contribution is 7.89. The van der Waals surface area contributed by atoms with Gasteiger partial charge in [-0.2, -0.15) is 0 Å². The Bertz CT molecular complexity index is 926. The van der Waals surface area contributed by atoms with Crippen LogP contribution in [0.1, 0.15) is 41.6 Å². The molecule has 0 spiro atoms. The topological polar surface area (TPSA) is 75.3 Å². The summed E-state index contributed by atoms with van der Waals surface area (Å²) in [6.45, 7) is 0.0435. The summed E-state index contributed by atoms with van der Waals surface area (Å²) < 4.78 is 40.2. The van der Waals surface area contributed by atoms with Gasteiger partial charge in [-0.1, -0.05) is 36.6 Å². The van der Waals surface area contributed by atoms with Crippen molar-refractivity contribution in [1.82, 2.24) is 10.0 Å². The van der Waals surface area contributed by atoms with E-state index in [4.69, 9.17) is 11.6 Å². The third-order valence-corrected chi connectivity index (χ3v) is 6.26. The number of carbonyl (C=O) groups is 1. The molecule has 0 atom stereocenters. The zero-order chi connectivity index (χ0) is 19.4. The van der Waals surface area contributed by atoms with E-state index in [1.54, 1.807) is 24.3 Å². The van der Waals surface area contributed by atoms with E-state index in [0.717, 1.165) is 43.9 Å². The standard InChI is InChI=1S/C19H20ClFN2O3S/c20-17-11-16(9-10-18(17)21)27(25,26)22-12-13-5-7-14(8-6-13)19(24)23-15-3-1-2-4-15/h5-11,15,22H,1-4,12H2,(H,23,24). The second-order valence-corrected chi connectivity index (χ2v) is 8.73. The molecule has 1 aliphatic rings. The average molecular weight is 411 g/mol. The van der Waals surface area contributed by atoms with Gasteiger partial charge in [-0.25, -0.2) is 17.5 Å². The predicted octanol–water partition coefficient (Wildman–Crippen LogP) is 3.63. The number of rotatable bonds is 6. The van der Waals surface area contributed by atoms with Crippen molar-refractivity contribution >= 4 is 27.5 Å². The second kappa shape index (κ2) is 8.37. The van der Waals surface area contributed by atoms with Gasteiger partial charge in [-0.15, -0.1) is 0 Å². The van der Waals surface area contributed by atoms with Gasteiger partial charge >= 0.3 is 0 Å². The molecule has 1 aliphatic carbocycles. The monoisotopic (exact) mass is 410 g/mol. The van der Waals surface area contributed by atoms with Crippen molar-refractivity contribution in [3.63, 3.8) is 0 Å². The van der Waals surface area contributed by atoms with Gasteiger partial charge in [0.15, 0.2) is 0 Å². The van der Waals surface area contributed by atoms with Crippen LogP contribution in [0.15, 0.2) is 47.4 Å². The highest BCUT2D eigenvalue weighted by Crippen LogP contribution is 2.20. The van der Waals surface area contributed by atoms with Gasteiger partial charge in [-0.05, 0) is 48.7 Å². The Hall–Kier alpha value is -1.96. The van der Waals surface area contributed by atoms with Gasteiger partial charge in [0.1, 0.15) is 5.82 Å². The van der Waals surface area contributed by atoms with E-state index in [-0.39, 0.29) is 28.4 Å². The highest BCUT2D eigenvalue weighted by atomic mass is 35.5. The second-order valence-electron chi connectivity index (χ2n) is 6.55. The fourth-order valence-corrected chi connectivity index (χ4v) is 4.31. The van der Waals surface area contributed by atoms with Crippen LogP contribution in [0.25, 0.3) is 0 Å². The van der Waals surface area contributed by atoms with Crippen LogP contribution >= 0.6 is 11.6 Å². The molecule has 8 heteroatoms. The molecule has 1 saturated carbocycles. The molecule has 1 fully saturated rings. The number of amides is 1. The molecule has 0 aliphatic heterocycles. The van der Waals surface area contributed by atoms with Gasteiger partial charge in [0.2, 0.25) is 10.0 Å². The summed E-state index contributed by atoms with van der Waals surface area (Å²) >= 11 is 5.64. The van der Waals surface area contributed by atoms with Crippen LogP contribution in [-0.2, 0) is 16.6 Å². The fraction of sp³-hybridized carbons (Fsp3) is 0.316. The van der Waals surface area contributed by atoms with Crippen LogP contribution in [0.2, 0.25) is 5.02 Å². The van der Waals surface area contributed by atoms with Gasteiger partial charge in [-0.3, -0.25) is 4.79 Å². The maximum atomic E-state index is 13.2. The minimum Gasteiger partial charge on any atom is -0.349 e. The number of benzene rings is 2. The lowest BCUT2D eigenvalue weighted by molar-refractivity contribution is 0.0938. The zero-order valence-corrected chi connectivity index (χ0v) is 16.1. The fourth-order valence-electron chi connectivity index (χ4n) is 3.02. The molecule has 0 heterocycles. The Labute approximate surface area is 163 Å². The Morgan fingerprint density at radius 1 is 1.11 bits per heavy atom. The van der Waals surface area contributed by atoms with E-state index >= 15 is 0 Å². The van der Waals surface area contributed by atoms with Crippen molar-refractivity contribution in [2.45, 2.75) is 43.2 Å². The van der Waals surface area contributed by atoms with Crippen LogP contribution in [0, 0.1) is 5.82 Å². The SMILES string of the molecule is O=C(NC1CCCC1)c1ccc(CNS(=O)(=O)c2ccc(F)c(Cl)c2)cc1. The predicted molar refractivity (Wildman–Crippen MR) is 102 cm³/mol. The molecule has 2 aromatic rings. The summed E-state index contributed by atoms with van der Waals surface area (Å²) in [6, 6.07) is 10.2. The normalized spacial score (nSPS) is 15.0. The van der Waals surface area contributed by atoms with Crippen molar-refractivity contribution in [2.24, 2.45) is 0 Å². The van der Waals surface area contributed by atoms with Crippen molar-refractivity contribution in [1.29, 1.82) is 0 Å². The van der Waals surface area contributed by atoms with Crippen molar-refractivity contribution < 1.29 is 17.6 Å². The summed E-state index contributed by atoms with van der Waals surface area (Å²) in [7, 11) is -3.82. The van der Waals surface area contributed by atoms with Crippen LogP contribution < -0.4 is 10.0 Å². The summed E-state index contributed by atoms with van der Waals surface area (Å²) in [6.07, 6.45) is 4.31. The summed E-state index contributed by atoms with van der Waals surface area (Å²) in [5, 5.41) is 2.75. The van der Waals surface area contributed by atoms with E-state index in [1.165, 1.54) is 0 Å². The average Bonchev–Trinajstić information content (AvgIpc) is 3.15. The van der Waals surface area contributed by atoms with Gasteiger partial charge < -0.3 is 5.32 Å². The Balaban J connectivity index is 1.60. The molecule has 2 aromatic carbocycles. The molecule has 2 N–H and O–H groups in total. The molecule has 0 unspecified atom stereocenters. The van der Waals surface area contributed by atoms with Gasteiger partial charge in [0.25, 0.3) is 5.91 Å². The molecular formula is C19H20ClFN2O3S. The number of hydrogen-bond acceptors (Lipinski definition) is 3. The van der Waals surface area contributed by atoms with Crippen LogP contribution in [0.3, 0.4) is 0 Å². The summed E-state index contributed by atoms with van der Waals surface area (Å²) in [5.41, 5.74) is 1.24. The lowest BCUT2D eigenvalue weighted by Crippen LogP contribution is -2.32. The van der Waals surface area contributed by atoms with Crippen LogP contribution in [0.4, 0.5) is 4.39 Å². The van der Waals surface area contributed by atoms with Crippen LogP contribution in [0.5, 0.6) is 0 Å². The molecule has 3 rings (SSSR count). The van der Waals surface area contributed by atoms with E-state index in [2.05, 4.69) is 10.0 Å². The highest BCUT2D eigenvalue weighted by Gasteiger charge is 2.18. The molecule has 0 aromatic heterocycles. The number of sulfonamides is 1. The lowest BCUT2D eigenvalue weighted by atomic mass is 10.1. The Kier molecular flexibility index (Phi) is 6.14. The van der Waals surface area contributed by atoms with Crippen molar-refractivity contribution in [2.75, 3.05) is 0 Å². The lowest BCUT2D eigenvalue weighted by Gasteiger charge is -2.12. The third kappa shape index (κ3) is 5.06. The maximum Gasteiger partial charge on any atom is 0.251 e. The molecule has 0 bridgehead atoms. The third-order valence-electron chi connectivity index (χ3n) is 4.57. The summed E-state index contributed by atoms with van der Waals surface area (Å²) in [5.74, 6) is -0.794. The zero-order valence-electron chi connectivity index (χ0n) is 14.5. The minimum absolute atomic E-state index is 0.0435. The minimum atomic E-state index is -3.82. The van der Waals surface area contributed by atoms with E-state index < -0.39 is 15.8 Å². The molecule has 0 saturated heterocycles. The first kappa shape index (κ1) is 19.8.